The molecule has 0 saturated heterocycles. The van der Waals surface area contributed by atoms with Gasteiger partial charge in [0.15, 0.2) is 0 Å². The van der Waals surface area contributed by atoms with Gasteiger partial charge < -0.3 is 10.6 Å². The van der Waals surface area contributed by atoms with E-state index in [1.165, 1.54) is 0 Å². The van der Waals surface area contributed by atoms with Crippen molar-refractivity contribution in [2.75, 3.05) is 17.7 Å². The van der Waals surface area contributed by atoms with Crippen molar-refractivity contribution >= 4 is 51.6 Å². The van der Waals surface area contributed by atoms with E-state index in [1.54, 1.807) is 24.3 Å². The molecule has 2 N–H and O–H groups in total. The summed E-state index contributed by atoms with van der Waals surface area (Å²) in [6.45, 7) is 0. The van der Waals surface area contributed by atoms with E-state index in [9.17, 15) is 4.79 Å². The van der Waals surface area contributed by atoms with Gasteiger partial charge in [-0.05, 0) is 36.4 Å². The monoisotopic (exact) mass is 318 g/mol. The van der Waals surface area contributed by atoms with Crippen molar-refractivity contribution in [1.82, 2.24) is 8.75 Å². The first kappa shape index (κ1) is 13.8. The van der Waals surface area contributed by atoms with E-state index in [2.05, 4.69) is 19.4 Å². The Balaban J connectivity index is 1.92. The summed E-state index contributed by atoms with van der Waals surface area (Å²) in [6.07, 6.45) is 0. The molecule has 1 amide bonds. The molecular weight excluding hydrogens is 308 g/mol. The Bertz CT molecular complexity index is 800. The van der Waals surface area contributed by atoms with Crippen molar-refractivity contribution in [3.05, 3.63) is 47.0 Å². The number of hydrogen-bond donors (Lipinski definition) is 2. The number of nitrogens with zero attached hydrogens (tertiary/aromatic N) is 2. The van der Waals surface area contributed by atoms with Gasteiger partial charge in [0.2, 0.25) is 0 Å². The van der Waals surface area contributed by atoms with Crippen LogP contribution in [-0.4, -0.2) is 21.7 Å². The maximum absolute atomic E-state index is 12.3. The van der Waals surface area contributed by atoms with Gasteiger partial charge in [-0.25, -0.2) is 0 Å². The van der Waals surface area contributed by atoms with Gasteiger partial charge in [0.1, 0.15) is 11.0 Å². The second-order valence-corrected chi connectivity index (χ2v) is 5.27. The summed E-state index contributed by atoms with van der Waals surface area (Å²) in [7, 11) is 1.82. The van der Waals surface area contributed by atoms with Crippen LogP contribution >= 0.6 is 23.3 Å². The number of amides is 1. The molecule has 21 heavy (non-hydrogen) atoms. The van der Waals surface area contributed by atoms with Crippen molar-refractivity contribution in [3.8, 4) is 0 Å². The second kappa shape index (κ2) is 5.67. The number of anilines is 2. The first-order valence-electron chi connectivity index (χ1n) is 6.19. The van der Waals surface area contributed by atoms with Gasteiger partial charge in [0, 0.05) is 18.3 Å². The predicted molar refractivity (Wildman–Crippen MR) is 86.4 cm³/mol. The van der Waals surface area contributed by atoms with E-state index < -0.39 is 0 Å². The lowest BCUT2D eigenvalue weighted by Gasteiger charge is -2.08. The number of nitrogens with one attached hydrogen (secondary N) is 2. The highest BCUT2D eigenvalue weighted by Gasteiger charge is 2.14. The molecule has 7 heteroatoms. The number of carbonyl (C=O) groups excluding carboxylic acids is 1. The molecule has 0 spiro atoms. The molecule has 0 aliphatic heterocycles. The largest absolute Gasteiger partial charge is 0.388 e. The third kappa shape index (κ3) is 2.68. The zero-order chi connectivity index (χ0) is 14.8. The average molecular weight is 319 g/mol. The summed E-state index contributed by atoms with van der Waals surface area (Å²) >= 11 is 7.24. The molecule has 106 valence electrons. The minimum Gasteiger partial charge on any atom is -0.388 e. The van der Waals surface area contributed by atoms with Gasteiger partial charge in [-0.1, -0.05) is 11.6 Å². The minimum absolute atomic E-state index is 0.236. The van der Waals surface area contributed by atoms with E-state index in [0.29, 0.717) is 27.3 Å². The standard InChI is InChI=1S/C14H11ClN4OS/c1-16-9-4-2-8(3-5-9)14(20)17-12-10(15)6-7-11-13(12)19-21-18-11/h2-7,16H,1H3,(H,17,20). The van der Waals surface area contributed by atoms with Crippen LogP contribution in [0.3, 0.4) is 0 Å². The number of aromatic nitrogens is 2. The third-order valence-electron chi connectivity index (χ3n) is 3.05. The number of halogens is 1. The van der Waals surface area contributed by atoms with Crippen LogP contribution in [0.15, 0.2) is 36.4 Å². The summed E-state index contributed by atoms with van der Waals surface area (Å²) < 4.78 is 8.31. The zero-order valence-electron chi connectivity index (χ0n) is 11.1. The fourth-order valence-corrected chi connectivity index (χ4v) is 2.66. The van der Waals surface area contributed by atoms with Gasteiger partial charge in [-0.15, -0.1) is 0 Å². The van der Waals surface area contributed by atoms with E-state index in [1.807, 2.05) is 19.2 Å². The van der Waals surface area contributed by atoms with Crippen molar-refractivity contribution in [1.29, 1.82) is 0 Å². The molecular formula is C14H11ClN4OS. The molecule has 5 nitrogen and oxygen atoms in total. The molecule has 1 aromatic heterocycles. The van der Waals surface area contributed by atoms with Gasteiger partial charge in [-0.2, -0.15) is 8.75 Å². The van der Waals surface area contributed by atoms with E-state index in [0.717, 1.165) is 17.4 Å². The summed E-state index contributed by atoms with van der Waals surface area (Å²) in [5, 5.41) is 6.25. The SMILES string of the molecule is CNc1ccc(C(=O)Nc2c(Cl)ccc3nsnc23)cc1. The number of benzene rings is 2. The number of hydrogen-bond acceptors (Lipinski definition) is 5. The zero-order valence-corrected chi connectivity index (χ0v) is 12.6. The van der Waals surface area contributed by atoms with E-state index >= 15 is 0 Å². The molecule has 3 aromatic rings. The molecule has 0 radical (unpaired) electrons. The van der Waals surface area contributed by atoms with E-state index in [-0.39, 0.29) is 5.91 Å². The molecule has 1 heterocycles. The van der Waals surface area contributed by atoms with Crippen molar-refractivity contribution in [3.63, 3.8) is 0 Å². The maximum Gasteiger partial charge on any atom is 0.255 e. The molecule has 0 bridgehead atoms. The maximum atomic E-state index is 12.3. The van der Waals surface area contributed by atoms with Gasteiger partial charge in [0.05, 0.1) is 22.4 Å². The first-order chi connectivity index (χ1) is 10.2. The lowest BCUT2D eigenvalue weighted by molar-refractivity contribution is 0.102. The van der Waals surface area contributed by atoms with Crippen molar-refractivity contribution in [2.24, 2.45) is 0 Å². The summed E-state index contributed by atoms with van der Waals surface area (Å²) in [5.41, 5.74) is 3.30. The van der Waals surface area contributed by atoms with E-state index in [4.69, 9.17) is 11.6 Å². The highest BCUT2D eigenvalue weighted by Crippen LogP contribution is 2.30. The summed E-state index contributed by atoms with van der Waals surface area (Å²) in [5.74, 6) is -0.236. The second-order valence-electron chi connectivity index (χ2n) is 4.34. The average Bonchev–Trinajstić information content (AvgIpc) is 2.99. The lowest BCUT2D eigenvalue weighted by Crippen LogP contribution is -2.12. The number of rotatable bonds is 3. The van der Waals surface area contributed by atoms with Crippen LogP contribution in [0, 0.1) is 0 Å². The van der Waals surface area contributed by atoms with Gasteiger partial charge >= 0.3 is 0 Å². The smallest absolute Gasteiger partial charge is 0.255 e. The molecule has 0 fully saturated rings. The van der Waals surface area contributed by atoms with Gasteiger partial charge in [0.25, 0.3) is 5.91 Å². The normalized spacial score (nSPS) is 10.6. The predicted octanol–water partition coefficient (Wildman–Crippen LogP) is 3.64. The van der Waals surface area contributed by atoms with Crippen molar-refractivity contribution < 1.29 is 4.79 Å². The van der Waals surface area contributed by atoms with Crippen LogP contribution in [-0.2, 0) is 0 Å². The first-order valence-corrected chi connectivity index (χ1v) is 7.30. The fraction of sp³-hybridized carbons (Fsp3) is 0.0714. The van der Waals surface area contributed by atoms with Crippen LogP contribution < -0.4 is 10.6 Å². The van der Waals surface area contributed by atoms with Crippen LogP contribution in [0.2, 0.25) is 5.02 Å². The third-order valence-corrected chi connectivity index (χ3v) is 3.91. The lowest BCUT2D eigenvalue weighted by atomic mass is 10.2. The Morgan fingerprint density at radius 2 is 1.90 bits per heavy atom. The molecule has 0 saturated carbocycles. The fourth-order valence-electron chi connectivity index (χ4n) is 1.92. The van der Waals surface area contributed by atoms with Gasteiger partial charge in [-0.3, -0.25) is 4.79 Å². The van der Waals surface area contributed by atoms with Crippen LogP contribution in [0.25, 0.3) is 11.0 Å². The van der Waals surface area contributed by atoms with Crippen LogP contribution in [0.5, 0.6) is 0 Å². The Morgan fingerprint density at radius 1 is 1.14 bits per heavy atom. The number of fused-ring (bicyclic) bond motifs is 1. The van der Waals surface area contributed by atoms with Crippen molar-refractivity contribution in [2.45, 2.75) is 0 Å². The molecule has 0 unspecified atom stereocenters. The summed E-state index contributed by atoms with van der Waals surface area (Å²) in [6, 6.07) is 10.6. The molecule has 0 aliphatic carbocycles. The topological polar surface area (TPSA) is 66.9 Å². The Morgan fingerprint density at radius 3 is 2.62 bits per heavy atom. The summed E-state index contributed by atoms with van der Waals surface area (Å²) in [4.78, 5) is 12.3. The molecule has 3 rings (SSSR count). The number of carbonyl (C=O) groups is 1. The highest BCUT2D eigenvalue weighted by molar-refractivity contribution is 7.00. The Hall–Kier alpha value is -2.18. The van der Waals surface area contributed by atoms with Crippen LogP contribution in [0.1, 0.15) is 10.4 Å². The molecule has 0 atom stereocenters. The van der Waals surface area contributed by atoms with Crippen LogP contribution in [0.4, 0.5) is 11.4 Å². The quantitative estimate of drug-likeness (QED) is 0.773. The molecule has 0 aliphatic rings. The Kier molecular flexibility index (Phi) is 3.72. The Labute approximate surface area is 130 Å². The molecule has 2 aromatic carbocycles. The highest BCUT2D eigenvalue weighted by atomic mass is 35.5. The minimum atomic E-state index is -0.236.